The lowest BCUT2D eigenvalue weighted by molar-refractivity contribution is 0.305. The summed E-state index contributed by atoms with van der Waals surface area (Å²) in [5.74, 6) is 0.955. The van der Waals surface area contributed by atoms with Crippen LogP contribution in [0, 0.1) is 0 Å². The first-order valence-electron chi connectivity index (χ1n) is 6.70. The maximum atomic E-state index is 5.64. The van der Waals surface area contributed by atoms with Gasteiger partial charge in [-0.15, -0.1) is 0 Å². The van der Waals surface area contributed by atoms with E-state index in [1.807, 2.05) is 36.4 Å². The van der Waals surface area contributed by atoms with Crippen molar-refractivity contribution in [3.05, 3.63) is 43.0 Å². The molecule has 0 saturated heterocycles. The van der Waals surface area contributed by atoms with Crippen LogP contribution < -0.4 is 4.74 Å². The van der Waals surface area contributed by atoms with Gasteiger partial charge in [0.1, 0.15) is 5.75 Å². The Morgan fingerprint density at radius 2 is 2.00 bits per heavy atom. The van der Waals surface area contributed by atoms with E-state index in [0.29, 0.717) is 0 Å². The highest BCUT2D eigenvalue weighted by atomic mass is 16.5. The summed E-state index contributed by atoms with van der Waals surface area (Å²) in [6.07, 6.45) is 6.31. The Labute approximate surface area is 110 Å². The summed E-state index contributed by atoms with van der Waals surface area (Å²) >= 11 is 0. The van der Waals surface area contributed by atoms with Gasteiger partial charge in [0.05, 0.1) is 6.61 Å². The van der Waals surface area contributed by atoms with Gasteiger partial charge in [0.15, 0.2) is 0 Å². The third-order valence-corrected chi connectivity index (χ3v) is 2.69. The Morgan fingerprint density at radius 3 is 2.67 bits per heavy atom. The van der Waals surface area contributed by atoms with E-state index < -0.39 is 0 Å². The second-order valence-corrected chi connectivity index (χ2v) is 4.14. The molecule has 0 aliphatic carbocycles. The average Bonchev–Trinajstić information content (AvgIpc) is 2.42. The maximum absolute atomic E-state index is 5.64. The summed E-state index contributed by atoms with van der Waals surface area (Å²) in [6.45, 7) is 7.47. The number of allylic oxidation sites excluding steroid dienone is 1. The molecule has 0 aliphatic rings. The number of aliphatic imine (C=N–C) groups is 1. The van der Waals surface area contributed by atoms with Crippen molar-refractivity contribution < 1.29 is 4.74 Å². The minimum absolute atomic E-state index is 0.790. The number of hydrogen-bond donors (Lipinski definition) is 0. The zero-order valence-electron chi connectivity index (χ0n) is 11.3. The summed E-state index contributed by atoms with van der Waals surface area (Å²) in [5, 5.41) is 0. The van der Waals surface area contributed by atoms with Crippen LogP contribution in [0.2, 0.25) is 0 Å². The molecule has 0 atom stereocenters. The molecule has 0 amide bonds. The first-order chi connectivity index (χ1) is 8.86. The maximum Gasteiger partial charge on any atom is 0.119 e. The summed E-state index contributed by atoms with van der Waals surface area (Å²) < 4.78 is 5.64. The number of para-hydroxylation sites is 1. The highest BCUT2D eigenvalue weighted by Gasteiger charge is 1.95. The first-order valence-corrected chi connectivity index (χ1v) is 6.70. The van der Waals surface area contributed by atoms with Crippen molar-refractivity contribution in [2.75, 3.05) is 13.2 Å². The average molecular weight is 245 g/mol. The highest BCUT2D eigenvalue weighted by Crippen LogP contribution is 2.10. The van der Waals surface area contributed by atoms with E-state index in [-0.39, 0.29) is 0 Å². The van der Waals surface area contributed by atoms with Gasteiger partial charge in [-0.1, -0.05) is 24.8 Å². The zero-order chi connectivity index (χ0) is 13.1. The van der Waals surface area contributed by atoms with Crippen molar-refractivity contribution in [1.82, 2.24) is 0 Å². The van der Waals surface area contributed by atoms with Crippen molar-refractivity contribution in [1.29, 1.82) is 0 Å². The summed E-state index contributed by atoms with van der Waals surface area (Å²) in [6, 6.07) is 9.96. The predicted octanol–water partition coefficient (Wildman–Crippen LogP) is 4.27. The van der Waals surface area contributed by atoms with Gasteiger partial charge in [0, 0.05) is 12.3 Å². The smallest absolute Gasteiger partial charge is 0.119 e. The topological polar surface area (TPSA) is 21.6 Å². The fourth-order valence-electron chi connectivity index (χ4n) is 1.74. The third kappa shape index (κ3) is 6.24. The van der Waals surface area contributed by atoms with Crippen molar-refractivity contribution in [3.63, 3.8) is 0 Å². The number of ether oxygens (including phenoxy) is 1. The van der Waals surface area contributed by atoms with Crippen LogP contribution in [0.25, 0.3) is 0 Å². The minimum atomic E-state index is 0.790. The number of benzene rings is 1. The molecular formula is C16H23NO. The van der Waals surface area contributed by atoms with Crippen LogP contribution in [0.1, 0.15) is 32.6 Å². The Bertz CT molecular complexity index is 357. The lowest BCUT2D eigenvalue weighted by Crippen LogP contribution is -1.99. The van der Waals surface area contributed by atoms with Gasteiger partial charge in [-0.3, -0.25) is 4.99 Å². The lowest BCUT2D eigenvalue weighted by Gasteiger charge is -2.05. The molecule has 0 N–H and O–H groups in total. The van der Waals surface area contributed by atoms with E-state index in [9.17, 15) is 0 Å². The molecule has 98 valence electrons. The Balaban J connectivity index is 2.05. The van der Waals surface area contributed by atoms with Gasteiger partial charge in [-0.2, -0.15) is 0 Å². The van der Waals surface area contributed by atoms with Crippen LogP contribution in [-0.4, -0.2) is 18.9 Å². The molecule has 2 heteroatoms. The number of unbranched alkanes of at least 4 members (excludes halogenated alkanes) is 2. The largest absolute Gasteiger partial charge is 0.494 e. The van der Waals surface area contributed by atoms with E-state index in [1.165, 1.54) is 6.42 Å². The van der Waals surface area contributed by atoms with E-state index in [2.05, 4.69) is 18.5 Å². The van der Waals surface area contributed by atoms with E-state index in [0.717, 1.165) is 43.9 Å². The molecule has 2 nitrogen and oxygen atoms in total. The quantitative estimate of drug-likeness (QED) is 0.470. The SMILES string of the molecule is C=CC(CCCCCOc1ccccc1)=NCC. The van der Waals surface area contributed by atoms with Crippen molar-refractivity contribution >= 4 is 5.71 Å². The number of hydrogen-bond acceptors (Lipinski definition) is 2. The molecule has 18 heavy (non-hydrogen) atoms. The summed E-state index contributed by atoms with van der Waals surface area (Å²) in [4.78, 5) is 4.38. The minimum Gasteiger partial charge on any atom is -0.494 e. The highest BCUT2D eigenvalue weighted by molar-refractivity contribution is 5.94. The molecule has 1 rings (SSSR count). The van der Waals surface area contributed by atoms with E-state index in [4.69, 9.17) is 4.74 Å². The predicted molar refractivity (Wildman–Crippen MR) is 78.6 cm³/mol. The molecule has 0 fully saturated rings. The molecule has 1 aromatic carbocycles. The Hall–Kier alpha value is -1.57. The fraction of sp³-hybridized carbons (Fsp3) is 0.438. The molecule has 0 spiro atoms. The van der Waals surface area contributed by atoms with Gasteiger partial charge >= 0.3 is 0 Å². The second kappa shape index (κ2) is 9.46. The van der Waals surface area contributed by atoms with Crippen molar-refractivity contribution in [2.45, 2.75) is 32.6 Å². The van der Waals surface area contributed by atoms with Gasteiger partial charge in [0.2, 0.25) is 0 Å². The van der Waals surface area contributed by atoms with E-state index >= 15 is 0 Å². The first kappa shape index (κ1) is 14.5. The molecule has 0 saturated carbocycles. The number of nitrogens with zero attached hydrogens (tertiary/aromatic N) is 1. The molecule has 0 unspecified atom stereocenters. The van der Waals surface area contributed by atoms with Crippen LogP contribution in [0.4, 0.5) is 0 Å². The van der Waals surface area contributed by atoms with Crippen LogP contribution in [0.15, 0.2) is 48.0 Å². The zero-order valence-corrected chi connectivity index (χ0v) is 11.3. The molecule has 0 aromatic heterocycles. The van der Waals surface area contributed by atoms with Crippen molar-refractivity contribution in [3.8, 4) is 5.75 Å². The van der Waals surface area contributed by atoms with Gasteiger partial charge in [-0.05, 0) is 50.8 Å². The van der Waals surface area contributed by atoms with Crippen molar-refractivity contribution in [2.24, 2.45) is 4.99 Å². The molecule has 0 radical (unpaired) electrons. The van der Waals surface area contributed by atoms with Gasteiger partial charge in [0.25, 0.3) is 0 Å². The van der Waals surface area contributed by atoms with Gasteiger partial charge < -0.3 is 4.74 Å². The standard InChI is InChI=1S/C16H23NO/c1-3-15(17-4-2)11-7-6-10-14-18-16-12-8-5-9-13-16/h3,5,8-9,12-13H,1,4,6-7,10-11,14H2,2H3. The van der Waals surface area contributed by atoms with Crippen LogP contribution in [0.5, 0.6) is 5.75 Å². The molecule has 1 aromatic rings. The summed E-state index contributed by atoms with van der Waals surface area (Å²) in [5.41, 5.74) is 1.13. The van der Waals surface area contributed by atoms with Gasteiger partial charge in [-0.25, -0.2) is 0 Å². The Morgan fingerprint density at radius 1 is 1.22 bits per heavy atom. The van der Waals surface area contributed by atoms with Crippen LogP contribution in [0.3, 0.4) is 0 Å². The second-order valence-electron chi connectivity index (χ2n) is 4.14. The Kier molecular flexibility index (Phi) is 7.61. The fourth-order valence-corrected chi connectivity index (χ4v) is 1.74. The van der Waals surface area contributed by atoms with Crippen LogP contribution in [-0.2, 0) is 0 Å². The van der Waals surface area contributed by atoms with Crippen LogP contribution >= 0.6 is 0 Å². The lowest BCUT2D eigenvalue weighted by atomic mass is 10.1. The normalized spacial score (nSPS) is 11.3. The molecular weight excluding hydrogens is 222 g/mol. The monoisotopic (exact) mass is 245 g/mol. The third-order valence-electron chi connectivity index (χ3n) is 2.69. The molecule has 0 bridgehead atoms. The number of rotatable bonds is 9. The van der Waals surface area contributed by atoms with E-state index in [1.54, 1.807) is 0 Å². The molecule has 0 heterocycles. The molecule has 0 aliphatic heterocycles. The summed E-state index contributed by atoms with van der Waals surface area (Å²) in [7, 11) is 0.